The summed E-state index contributed by atoms with van der Waals surface area (Å²) in [6, 6.07) is 0. The molecule has 0 N–H and O–H groups in total. The van der Waals surface area contributed by atoms with Gasteiger partial charge in [0.1, 0.15) is 5.76 Å². The maximum Gasteiger partial charge on any atom is 0.284 e. The third-order valence-electron chi connectivity index (χ3n) is 0.367. The molecule has 8 heavy (non-hydrogen) atoms. The zero-order chi connectivity index (χ0) is 6.57. The lowest BCUT2D eigenvalue weighted by atomic mass is 10.7. The lowest BCUT2D eigenvalue weighted by Crippen LogP contribution is -1.69. The minimum Gasteiger partial charge on any atom is -0.449 e. The smallest absolute Gasteiger partial charge is 0.284 e. The highest BCUT2D eigenvalue weighted by Gasteiger charge is 1.98. The highest BCUT2D eigenvalue weighted by Crippen LogP contribution is 2.49. The second-order valence-electron chi connectivity index (χ2n) is 1.01. The third-order valence-corrected chi connectivity index (χ3v) is 1.51. The van der Waals surface area contributed by atoms with Crippen molar-refractivity contribution < 1.29 is 4.52 Å². The van der Waals surface area contributed by atoms with Crippen molar-refractivity contribution in [3.05, 3.63) is 11.3 Å². The Kier molecular flexibility index (Phi) is 5.19. The highest BCUT2D eigenvalue weighted by molar-refractivity contribution is 8.00. The lowest BCUT2D eigenvalue weighted by molar-refractivity contribution is 0.494. The predicted molar refractivity (Wildman–Crippen MR) is 39.3 cm³/mol. The predicted octanol–water partition coefficient (Wildman–Crippen LogP) is 3.81. The topological polar surface area (TPSA) is 9.23 Å². The van der Waals surface area contributed by atoms with Gasteiger partial charge in [-0.05, 0) is 29.4 Å². The van der Waals surface area contributed by atoms with Crippen LogP contribution < -0.4 is 0 Å². The van der Waals surface area contributed by atoms with Crippen molar-refractivity contribution in [3.63, 3.8) is 0 Å². The summed E-state index contributed by atoms with van der Waals surface area (Å²) < 4.78 is 4.72. The zero-order valence-corrected chi connectivity index (χ0v) is 7.23. The molecule has 0 fully saturated rings. The van der Waals surface area contributed by atoms with E-state index >= 15 is 0 Å². The molecule has 0 saturated carbocycles. The molecular formula is C3H4Cl3OP. The normalized spacial score (nSPS) is 12.4. The van der Waals surface area contributed by atoms with Crippen LogP contribution in [0.1, 0.15) is 6.92 Å². The van der Waals surface area contributed by atoms with Crippen LogP contribution in [0.25, 0.3) is 0 Å². The first-order chi connectivity index (χ1) is 3.66. The average Bonchev–Trinajstić information content (AvgIpc) is 1.65. The van der Waals surface area contributed by atoms with Crippen LogP contribution in [-0.4, -0.2) is 0 Å². The minimum absolute atomic E-state index is 0.530. The molecule has 0 atom stereocenters. The van der Waals surface area contributed by atoms with Gasteiger partial charge in [-0.2, -0.15) is 0 Å². The summed E-state index contributed by atoms with van der Waals surface area (Å²) in [5.41, 5.74) is 1.28. The second-order valence-corrected chi connectivity index (χ2v) is 4.18. The first-order valence-electron chi connectivity index (χ1n) is 1.73. The highest BCUT2D eigenvalue weighted by atomic mass is 35.9. The SMILES string of the molecule is C/C(=C/Cl)OP(Cl)Cl. The molecule has 0 radical (unpaired) electrons. The summed E-state index contributed by atoms with van der Waals surface area (Å²) >= 11 is 15.7. The molecule has 0 aromatic carbocycles. The number of rotatable bonds is 2. The van der Waals surface area contributed by atoms with E-state index in [1.165, 1.54) is 5.54 Å². The molecule has 0 aromatic rings. The van der Waals surface area contributed by atoms with Crippen LogP contribution in [0.2, 0.25) is 0 Å². The van der Waals surface area contributed by atoms with Crippen molar-refractivity contribution in [2.75, 3.05) is 0 Å². The van der Waals surface area contributed by atoms with Gasteiger partial charge in [0.25, 0.3) is 6.85 Å². The molecule has 0 aliphatic carbocycles. The van der Waals surface area contributed by atoms with E-state index in [-0.39, 0.29) is 0 Å². The van der Waals surface area contributed by atoms with Gasteiger partial charge in [0.2, 0.25) is 0 Å². The van der Waals surface area contributed by atoms with Crippen LogP contribution in [-0.2, 0) is 4.52 Å². The Morgan fingerprint density at radius 3 is 2.25 bits per heavy atom. The Hall–Kier alpha value is 0.840. The van der Waals surface area contributed by atoms with Gasteiger partial charge in [-0.15, -0.1) is 0 Å². The third kappa shape index (κ3) is 4.99. The van der Waals surface area contributed by atoms with E-state index < -0.39 is 6.85 Å². The van der Waals surface area contributed by atoms with Crippen molar-refractivity contribution in [3.8, 4) is 0 Å². The molecule has 0 bridgehead atoms. The quantitative estimate of drug-likeness (QED) is 0.479. The first-order valence-corrected chi connectivity index (χ1v) is 5.24. The van der Waals surface area contributed by atoms with E-state index in [1.807, 2.05) is 0 Å². The Labute approximate surface area is 64.0 Å². The van der Waals surface area contributed by atoms with Crippen LogP contribution in [0.4, 0.5) is 0 Å². The zero-order valence-electron chi connectivity index (χ0n) is 4.07. The van der Waals surface area contributed by atoms with E-state index in [4.69, 9.17) is 38.6 Å². The van der Waals surface area contributed by atoms with Gasteiger partial charge in [-0.25, -0.2) is 0 Å². The monoisotopic (exact) mass is 192 g/mol. The van der Waals surface area contributed by atoms with Gasteiger partial charge in [0, 0.05) is 5.54 Å². The largest absolute Gasteiger partial charge is 0.449 e. The molecule has 0 aliphatic heterocycles. The molecule has 0 rings (SSSR count). The van der Waals surface area contributed by atoms with Crippen molar-refractivity contribution >= 4 is 40.9 Å². The van der Waals surface area contributed by atoms with Crippen molar-refractivity contribution in [2.45, 2.75) is 6.92 Å². The Balaban J connectivity index is 3.39. The fourth-order valence-corrected chi connectivity index (χ4v) is 1.16. The number of halogens is 3. The summed E-state index contributed by atoms with van der Waals surface area (Å²) in [5.74, 6) is 0.530. The molecule has 0 spiro atoms. The number of hydrogen-bond donors (Lipinski definition) is 0. The molecule has 0 amide bonds. The molecule has 0 aromatic heterocycles. The van der Waals surface area contributed by atoms with Crippen molar-refractivity contribution in [1.82, 2.24) is 0 Å². The minimum atomic E-state index is -1.35. The Bertz CT molecular complexity index is 92.5. The van der Waals surface area contributed by atoms with Gasteiger partial charge >= 0.3 is 0 Å². The summed E-state index contributed by atoms with van der Waals surface area (Å²) in [4.78, 5) is 0. The number of hydrogen-bond acceptors (Lipinski definition) is 1. The summed E-state index contributed by atoms with van der Waals surface area (Å²) in [5, 5.41) is 0. The number of allylic oxidation sites excluding steroid dienone is 1. The van der Waals surface area contributed by atoms with Gasteiger partial charge in [0.15, 0.2) is 0 Å². The molecule has 1 nitrogen and oxygen atoms in total. The molecule has 48 valence electrons. The average molecular weight is 193 g/mol. The Morgan fingerprint density at radius 1 is 1.62 bits per heavy atom. The van der Waals surface area contributed by atoms with Crippen LogP contribution in [0, 0.1) is 0 Å². The van der Waals surface area contributed by atoms with Gasteiger partial charge in [0.05, 0.1) is 0 Å². The van der Waals surface area contributed by atoms with E-state index in [1.54, 1.807) is 6.92 Å². The molecule has 0 heterocycles. The van der Waals surface area contributed by atoms with Crippen LogP contribution in [0.3, 0.4) is 0 Å². The van der Waals surface area contributed by atoms with Gasteiger partial charge in [-0.3, -0.25) is 0 Å². The van der Waals surface area contributed by atoms with Gasteiger partial charge in [-0.1, -0.05) is 11.6 Å². The second kappa shape index (κ2) is 4.69. The fraction of sp³-hybridized carbons (Fsp3) is 0.333. The molecule has 0 aliphatic rings. The van der Waals surface area contributed by atoms with Crippen LogP contribution in [0.5, 0.6) is 0 Å². The van der Waals surface area contributed by atoms with Crippen molar-refractivity contribution in [1.29, 1.82) is 0 Å². The van der Waals surface area contributed by atoms with Crippen LogP contribution in [0.15, 0.2) is 11.3 Å². The summed E-state index contributed by atoms with van der Waals surface area (Å²) in [6.07, 6.45) is 0. The molecule has 5 heteroatoms. The maximum absolute atomic E-state index is 5.26. The maximum atomic E-state index is 5.26. The van der Waals surface area contributed by atoms with E-state index in [0.717, 1.165) is 0 Å². The standard InChI is InChI=1S/C3H4Cl3OP/c1-3(2-4)7-8(5)6/h2H,1H3/b3-2-. The fourth-order valence-electron chi connectivity index (χ4n) is 0.129. The van der Waals surface area contributed by atoms with Crippen LogP contribution >= 0.6 is 40.9 Å². The Morgan fingerprint density at radius 2 is 2.12 bits per heavy atom. The summed E-state index contributed by atoms with van der Waals surface area (Å²) in [7, 11) is 0. The molecule has 0 unspecified atom stereocenters. The van der Waals surface area contributed by atoms with Crippen molar-refractivity contribution in [2.24, 2.45) is 0 Å². The molecular weight excluding hydrogens is 189 g/mol. The van der Waals surface area contributed by atoms with E-state index in [9.17, 15) is 0 Å². The van der Waals surface area contributed by atoms with Gasteiger partial charge < -0.3 is 4.52 Å². The first kappa shape index (κ1) is 8.84. The lowest BCUT2D eigenvalue weighted by Gasteiger charge is -2.01. The molecule has 0 saturated heterocycles. The van der Waals surface area contributed by atoms with E-state index in [2.05, 4.69) is 0 Å². The van der Waals surface area contributed by atoms with E-state index in [0.29, 0.717) is 5.76 Å². The summed E-state index contributed by atoms with van der Waals surface area (Å²) in [6.45, 7) is 0.320.